The Morgan fingerprint density at radius 2 is 1.76 bits per heavy atom. The van der Waals surface area contributed by atoms with Gasteiger partial charge in [-0.15, -0.1) is 0 Å². The van der Waals surface area contributed by atoms with Gasteiger partial charge in [0.2, 0.25) is 5.91 Å². The Bertz CT molecular complexity index is 552. The number of amides is 2. The first-order valence-corrected chi connectivity index (χ1v) is 7.48. The molecule has 1 aliphatic rings. The zero-order chi connectivity index (χ0) is 15.6. The van der Waals surface area contributed by atoms with E-state index in [1.165, 1.54) is 6.20 Å². The molecule has 21 heavy (non-hydrogen) atoms. The molecule has 1 fully saturated rings. The number of carbonyl (C=O) groups excluding carboxylic acids is 2. The SMILES string of the molecule is Cc1cc(Cl)c(C(=O)N2CCN(C(=O)C(C)C)CC2)cn1. The Morgan fingerprint density at radius 1 is 1.19 bits per heavy atom. The van der Waals surface area contributed by atoms with Gasteiger partial charge in [-0.05, 0) is 13.0 Å². The molecule has 1 saturated heterocycles. The fourth-order valence-electron chi connectivity index (χ4n) is 2.35. The van der Waals surface area contributed by atoms with E-state index >= 15 is 0 Å². The highest BCUT2D eigenvalue weighted by molar-refractivity contribution is 6.33. The fraction of sp³-hybridized carbons (Fsp3) is 0.533. The lowest BCUT2D eigenvalue weighted by atomic mass is 10.1. The van der Waals surface area contributed by atoms with Crippen molar-refractivity contribution in [2.24, 2.45) is 5.92 Å². The first-order valence-electron chi connectivity index (χ1n) is 7.10. The summed E-state index contributed by atoms with van der Waals surface area (Å²) in [6.45, 7) is 7.80. The summed E-state index contributed by atoms with van der Waals surface area (Å²) in [7, 11) is 0. The Morgan fingerprint density at radius 3 is 2.29 bits per heavy atom. The topological polar surface area (TPSA) is 53.5 Å². The quantitative estimate of drug-likeness (QED) is 0.839. The highest BCUT2D eigenvalue weighted by Crippen LogP contribution is 2.19. The number of hydrogen-bond acceptors (Lipinski definition) is 3. The third-order valence-corrected chi connectivity index (χ3v) is 3.91. The summed E-state index contributed by atoms with van der Waals surface area (Å²) >= 11 is 6.11. The lowest BCUT2D eigenvalue weighted by molar-refractivity contribution is -0.135. The molecule has 0 N–H and O–H groups in total. The Balaban J connectivity index is 2.02. The van der Waals surface area contributed by atoms with Crippen molar-refractivity contribution in [1.82, 2.24) is 14.8 Å². The van der Waals surface area contributed by atoms with Gasteiger partial charge >= 0.3 is 0 Å². The smallest absolute Gasteiger partial charge is 0.257 e. The lowest BCUT2D eigenvalue weighted by Gasteiger charge is -2.35. The first kappa shape index (κ1) is 15.8. The second-order valence-corrected chi connectivity index (χ2v) is 5.98. The van der Waals surface area contributed by atoms with E-state index in [9.17, 15) is 9.59 Å². The predicted octanol–water partition coefficient (Wildman–Crippen LogP) is 1.98. The summed E-state index contributed by atoms with van der Waals surface area (Å²) in [4.78, 5) is 32.0. The van der Waals surface area contributed by atoms with Gasteiger partial charge in [0, 0.05) is 44.0 Å². The lowest BCUT2D eigenvalue weighted by Crippen LogP contribution is -2.51. The van der Waals surface area contributed by atoms with Gasteiger partial charge < -0.3 is 9.80 Å². The molecule has 2 rings (SSSR count). The number of rotatable bonds is 2. The molecule has 5 nitrogen and oxygen atoms in total. The monoisotopic (exact) mass is 309 g/mol. The molecule has 0 saturated carbocycles. The van der Waals surface area contributed by atoms with Crippen LogP contribution in [0.2, 0.25) is 5.02 Å². The van der Waals surface area contributed by atoms with E-state index in [4.69, 9.17) is 11.6 Å². The molecule has 0 unspecified atom stereocenters. The molecule has 1 aliphatic heterocycles. The van der Waals surface area contributed by atoms with Crippen LogP contribution in [-0.4, -0.2) is 52.8 Å². The van der Waals surface area contributed by atoms with Crippen LogP contribution in [0.25, 0.3) is 0 Å². The minimum absolute atomic E-state index is 0.0111. The van der Waals surface area contributed by atoms with Crippen LogP contribution in [0.1, 0.15) is 29.9 Å². The number of nitrogens with zero attached hydrogens (tertiary/aromatic N) is 3. The predicted molar refractivity (Wildman–Crippen MR) is 81.3 cm³/mol. The van der Waals surface area contributed by atoms with Crippen LogP contribution in [0, 0.1) is 12.8 Å². The van der Waals surface area contributed by atoms with Gasteiger partial charge in [0.25, 0.3) is 5.91 Å². The van der Waals surface area contributed by atoms with Crippen molar-refractivity contribution in [2.45, 2.75) is 20.8 Å². The summed E-state index contributed by atoms with van der Waals surface area (Å²) in [5.74, 6) is 0.00396. The van der Waals surface area contributed by atoms with Crippen molar-refractivity contribution in [1.29, 1.82) is 0 Å². The number of halogens is 1. The molecular weight excluding hydrogens is 290 g/mol. The minimum Gasteiger partial charge on any atom is -0.339 e. The first-order chi connectivity index (χ1) is 9.90. The maximum Gasteiger partial charge on any atom is 0.257 e. The largest absolute Gasteiger partial charge is 0.339 e. The molecule has 0 atom stereocenters. The van der Waals surface area contributed by atoms with E-state index in [0.29, 0.717) is 36.8 Å². The third-order valence-electron chi connectivity index (χ3n) is 3.59. The Hall–Kier alpha value is -1.62. The molecule has 114 valence electrons. The van der Waals surface area contributed by atoms with E-state index in [0.717, 1.165) is 5.69 Å². The molecule has 2 amide bonds. The van der Waals surface area contributed by atoms with E-state index in [1.54, 1.807) is 11.0 Å². The summed E-state index contributed by atoms with van der Waals surface area (Å²) in [6.07, 6.45) is 1.52. The summed E-state index contributed by atoms with van der Waals surface area (Å²) in [5.41, 5.74) is 1.20. The number of aromatic nitrogens is 1. The number of carbonyl (C=O) groups is 2. The second-order valence-electron chi connectivity index (χ2n) is 5.58. The van der Waals surface area contributed by atoms with Crippen LogP contribution in [-0.2, 0) is 4.79 Å². The highest BCUT2D eigenvalue weighted by atomic mass is 35.5. The average Bonchev–Trinajstić information content (AvgIpc) is 2.46. The van der Waals surface area contributed by atoms with Crippen LogP contribution in [0.15, 0.2) is 12.3 Å². The molecule has 0 aliphatic carbocycles. The standard InChI is InChI=1S/C15H20ClN3O2/c1-10(2)14(20)18-4-6-19(7-5-18)15(21)12-9-17-11(3)8-13(12)16/h8-10H,4-7H2,1-3H3. The zero-order valence-electron chi connectivity index (χ0n) is 12.6. The van der Waals surface area contributed by atoms with Crippen LogP contribution in [0.3, 0.4) is 0 Å². The average molecular weight is 310 g/mol. The normalized spacial score (nSPS) is 15.5. The summed E-state index contributed by atoms with van der Waals surface area (Å²) in [5, 5.41) is 0.424. The number of aryl methyl sites for hydroxylation is 1. The van der Waals surface area contributed by atoms with Gasteiger partial charge in [-0.25, -0.2) is 0 Å². The molecule has 2 heterocycles. The van der Waals surface area contributed by atoms with Gasteiger partial charge in [-0.2, -0.15) is 0 Å². The highest BCUT2D eigenvalue weighted by Gasteiger charge is 2.26. The molecule has 1 aromatic heterocycles. The molecule has 0 aromatic carbocycles. The number of piperazine rings is 1. The van der Waals surface area contributed by atoms with E-state index in [-0.39, 0.29) is 17.7 Å². The van der Waals surface area contributed by atoms with Gasteiger partial charge in [0.05, 0.1) is 10.6 Å². The minimum atomic E-state index is -0.121. The Labute approximate surface area is 129 Å². The Kier molecular flexibility index (Phi) is 4.83. The molecule has 6 heteroatoms. The molecule has 0 radical (unpaired) electrons. The van der Waals surface area contributed by atoms with Gasteiger partial charge in [0.15, 0.2) is 0 Å². The number of pyridine rings is 1. The van der Waals surface area contributed by atoms with Gasteiger partial charge in [0.1, 0.15) is 0 Å². The van der Waals surface area contributed by atoms with Crippen LogP contribution < -0.4 is 0 Å². The van der Waals surface area contributed by atoms with Crippen LogP contribution in [0.5, 0.6) is 0 Å². The van der Waals surface area contributed by atoms with Crippen molar-refractivity contribution in [3.05, 3.63) is 28.5 Å². The second kappa shape index (κ2) is 6.43. The molecule has 0 bridgehead atoms. The van der Waals surface area contributed by atoms with Crippen LogP contribution >= 0.6 is 11.6 Å². The summed E-state index contributed by atoms with van der Waals surface area (Å²) in [6, 6.07) is 1.69. The van der Waals surface area contributed by atoms with Crippen molar-refractivity contribution < 1.29 is 9.59 Å². The number of hydrogen-bond donors (Lipinski definition) is 0. The van der Waals surface area contributed by atoms with Gasteiger partial charge in [-0.1, -0.05) is 25.4 Å². The zero-order valence-corrected chi connectivity index (χ0v) is 13.4. The third kappa shape index (κ3) is 3.53. The van der Waals surface area contributed by atoms with Crippen LogP contribution in [0.4, 0.5) is 0 Å². The van der Waals surface area contributed by atoms with Crippen molar-refractivity contribution in [3.8, 4) is 0 Å². The van der Waals surface area contributed by atoms with Crippen molar-refractivity contribution >= 4 is 23.4 Å². The van der Waals surface area contributed by atoms with E-state index in [1.807, 2.05) is 25.7 Å². The van der Waals surface area contributed by atoms with E-state index < -0.39 is 0 Å². The van der Waals surface area contributed by atoms with Crippen molar-refractivity contribution in [3.63, 3.8) is 0 Å². The maximum absolute atomic E-state index is 12.4. The van der Waals surface area contributed by atoms with E-state index in [2.05, 4.69) is 4.98 Å². The van der Waals surface area contributed by atoms with Gasteiger partial charge in [-0.3, -0.25) is 14.6 Å². The molecule has 1 aromatic rings. The van der Waals surface area contributed by atoms with Crippen molar-refractivity contribution in [2.75, 3.05) is 26.2 Å². The maximum atomic E-state index is 12.4. The fourth-order valence-corrected chi connectivity index (χ4v) is 2.64. The summed E-state index contributed by atoms with van der Waals surface area (Å²) < 4.78 is 0. The molecule has 0 spiro atoms. The molecular formula is C15H20ClN3O2.